The number of carbonyl (C=O) groups is 2. The molecule has 0 aromatic heterocycles. The largest absolute Gasteiger partial charge is 0.479 e. The summed E-state index contributed by atoms with van der Waals surface area (Å²) in [5.74, 6) is -3.06. The second-order valence-electron chi connectivity index (χ2n) is 3.18. The van der Waals surface area contributed by atoms with E-state index in [-0.39, 0.29) is 12.3 Å². The Balaban J connectivity index is 4.63. The Morgan fingerprint density at radius 3 is 1.75 bits per heavy atom. The van der Waals surface area contributed by atoms with Gasteiger partial charge in [0, 0.05) is 0 Å². The van der Waals surface area contributed by atoms with Crippen molar-refractivity contribution in [1.29, 1.82) is 0 Å². The minimum absolute atomic E-state index is 0.0674. The molecular weight excluding hydrogens is 162 g/mol. The predicted molar refractivity (Wildman–Crippen MR) is 41.6 cm³/mol. The van der Waals surface area contributed by atoms with E-state index < -0.39 is 17.5 Å². The molecule has 0 aromatic carbocycles. The third-order valence-electron chi connectivity index (χ3n) is 1.49. The normalized spacial score (nSPS) is 11.7. The average Bonchev–Trinajstić information content (AvgIpc) is 1.84. The van der Waals surface area contributed by atoms with Crippen LogP contribution in [0.25, 0.3) is 0 Å². The molecule has 0 radical (unpaired) electrons. The highest BCUT2D eigenvalue weighted by Crippen LogP contribution is 2.14. The van der Waals surface area contributed by atoms with Crippen molar-refractivity contribution in [2.45, 2.75) is 25.8 Å². The van der Waals surface area contributed by atoms with Gasteiger partial charge in [0.05, 0.1) is 0 Å². The Morgan fingerprint density at radius 1 is 1.33 bits per heavy atom. The minimum Gasteiger partial charge on any atom is -0.479 e. The number of hydrogen-bond acceptors (Lipinski definition) is 3. The van der Waals surface area contributed by atoms with Gasteiger partial charge in [0.15, 0.2) is 0 Å². The first-order valence-corrected chi connectivity index (χ1v) is 3.56. The molecule has 4 N–H and O–H groups in total. The minimum atomic E-state index is -2.14. The Bertz CT molecular complexity index is 186. The van der Waals surface area contributed by atoms with Gasteiger partial charge in [-0.2, -0.15) is 0 Å². The topological polar surface area (TPSA) is 101 Å². The molecule has 0 spiro atoms. The molecule has 0 amide bonds. The van der Waals surface area contributed by atoms with E-state index in [1.165, 1.54) is 0 Å². The molecule has 0 fully saturated rings. The van der Waals surface area contributed by atoms with Crippen LogP contribution >= 0.6 is 0 Å². The molecule has 0 aromatic rings. The lowest BCUT2D eigenvalue weighted by atomic mass is 9.90. The van der Waals surface area contributed by atoms with Crippen molar-refractivity contribution in [3.05, 3.63) is 0 Å². The van der Waals surface area contributed by atoms with Gasteiger partial charge in [-0.25, -0.2) is 9.59 Å². The van der Waals surface area contributed by atoms with Crippen LogP contribution in [0, 0.1) is 5.92 Å². The molecule has 0 bridgehead atoms. The van der Waals surface area contributed by atoms with Crippen LogP contribution in [0.3, 0.4) is 0 Å². The lowest BCUT2D eigenvalue weighted by Gasteiger charge is -2.21. The fourth-order valence-corrected chi connectivity index (χ4v) is 0.910. The van der Waals surface area contributed by atoms with Crippen LogP contribution in [0.2, 0.25) is 0 Å². The van der Waals surface area contributed by atoms with Crippen molar-refractivity contribution in [1.82, 2.24) is 0 Å². The number of rotatable bonds is 4. The molecule has 0 atom stereocenters. The highest BCUT2D eigenvalue weighted by Gasteiger charge is 2.42. The summed E-state index contributed by atoms with van der Waals surface area (Å²) in [5.41, 5.74) is 3.04. The van der Waals surface area contributed by atoms with Crippen LogP contribution in [0.1, 0.15) is 20.3 Å². The molecule has 0 heterocycles. The van der Waals surface area contributed by atoms with Gasteiger partial charge in [-0.3, -0.25) is 0 Å². The quantitative estimate of drug-likeness (QED) is 0.518. The highest BCUT2D eigenvalue weighted by atomic mass is 16.4. The lowest BCUT2D eigenvalue weighted by Crippen LogP contribution is -2.55. The molecule has 12 heavy (non-hydrogen) atoms. The maximum atomic E-state index is 10.5. The summed E-state index contributed by atoms with van der Waals surface area (Å²) in [7, 11) is 0. The van der Waals surface area contributed by atoms with Gasteiger partial charge < -0.3 is 15.9 Å². The van der Waals surface area contributed by atoms with Gasteiger partial charge in [0.1, 0.15) is 0 Å². The number of hydrogen-bond donors (Lipinski definition) is 3. The highest BCUT2D eigenvalue weighted by molar-refractivity contribution is 6.02. The maximum Gasteiger partial charge on any atom is 0.335 e. The van der Waals surface area contributed by atoms with Crippen LogP contribution < -0.4 is 5.73 Å². The molecule has 5 nitrogen and oxygen atoms in total. The van der Waals surface area contributed by atoms with Crippen LogP contribution in [0.5, 0.6) is 0 Å². The fraction of sp³-hybridized carbons (Fsp3) is 0.714. The fourth-order valence-electron chi connectivity index (χ4n) is 0.910. The molecule has 0 rings (SSSR count). The van der Waals surface area contributed by atoms with Gasteiger partial charge in [-0.1, -0.05) is 13.8 Å². The van der Waals surface area contributed by atoms with Gasteiger partial charge in [-0.15, -0.1) is 0 Å². The molecule has 0 saturated carbocycles. The van der Waals surface area contributed by atoms with E-state index in [2.05, 4.69) is 0 Å². The molecule has 0 saturated heterocycles. The van der Waals surface area contributed by atoms with E-state index in [9.17, 15) is 9.59 Å². The summed E-state index contributed by atoms with van der Waals surface area (Å²) in [5, 5.41) is 17.1. The van der Waals surface area contributed by atoms with Gasteiger partial charge in [0.25, 0.3) is 0 Å². The van der Waals surface area contributed by atoms with Crippen molar-refractivity contribution in [2.75, 3.05) is 0 Å². The number of nitrogens with two attached hydrogens (primary N) is 1. The predicted octanol–water partition coefficient (Wildman–Crippen LogP) is -0.101. The molecule has 70 valence electrons. The molecule has 0 aliphatic carbocycles. The zero-order chi connectivity index (χ0) is 9.94. The second-order valence-corrected chi connectivity index (χ2v) is 3.18. The van der Waals surface area contributed by atoms with Crippen LogP contribution in [0.4, 0.5) is 0 Å². The summed E-state index contributed by atoms with van der Waals surface area (Å²) in [6.45, 7) is 3.43. The first kappa shape index (κ1) is 10.9. The van der Waals surface area contributed by atoms with Crippen molar-refractivity contribution < 1.29 is 19.8 Å². The second kappa shape index (κ2) is 3.53. The van der Waals surface area contributed by atoms with Crippen molar-refractivity contribution in [3.8, 4) is 0 Å². The summed E-state index contributed by atoms with van der Waals surface area (Å²) < 4.78 is 0. The molecule has 0 unspecified atom stereocenters. The van der Waals surface area contributed by atoms with E-state index in [4.69, 9.17) is 15.9 Å². The Hall–Kier alpha value is -1.10. The summed E-state index contributed by atoms with van der Waals surface area (Å²) in [6, 6.07) is 0. The average molecular weight is 175 g/mol. The molecular formula is C7H13NO4. The van der Waals surface area contributed by atoms with E-state index in [1.807, 2.05) is 0 Å². The number of aliphatic carboxylic acids is 2. The Kier molecular flexibility index (Phi) is 3.21. The first-order chi connectivity index (χ1) is 5.30. The van der Waals surface area contributed by atoms with E-state index in [0.29, 0.717) is 0 Å². The zero-order valence-corrected chi connectivity index (χ0v) is 7.07. The number of carboxylic acid groups (broad SMARTS) is 2. The van der Waals surface area contributed by atoms with Crippen LogP contribution in [-0.4, -0.2) is 27.7 Å². The van der Waals surface area contributed by atoms with E-state index in [1.54, 1.807) is 13.8 Å². The van der Waals surface area contributed by atoms with Crippen molar-refractivity contribution in [2.24, 2.45) is 11.7 Å². The summed E-state index contributed by atoms with van der Waals surface area (Å²) >= 11 is 0. The Morgan fingerprint density at radius 2 is 1.67 bits per heavy atom. The van der Waals surface area contributed by atoms with Gasteiger partial charge in [-0.05, 0) is 12.3 Å². The van der Waals surface area contributed by atoms with E-state index in [0.717, 1.165) is 0 Å². The molecule has 0 aliphatic heterocycles. The van der Waals surface area contributed by atoms with E-state index >= 15 is 0 Å². The lowest BCUT2D eigenvalue weighted by molar-refractivity contribution is -0.157. The van der Waals surface area contributed by atoms with Crippen LogP contribution in [0.15, 0.2) is 0 Å². The van der Waals surface area contributed by atoms with Crippen molar-refractivity contribution in [3.63, 3.8) is 0 Å². The van der Waals surface area contributed by atoms with Gasteiger partial charge in [0.2, 0.25) is 5.54 Å². The SMILES string of the molecule is CC(C)CC(N)(C(=O)O)C(=O)O. The monoisotopic (exact) mass is 175 g/mol. The first-order valence-electron chi connectivity index (χ1n) is 3.56. The Labute approximate surface area is 70.2 Å². The summed E-state index contributed by atoms with van der Waals surface area (Å²) in [6.07, 6.45) is -0.0718. The van der Waals surface area contributed by atoms with Crippen molar-refractivity contribution >= 4 is 11.9 Å². The third-order valence-corrected chi connectivity index (χ3v) is 1.49. The molecule has 5 heteroatoms. The maximum absolute atomic E-state index is 10.5. The standard InChI is InChI=1S/C7H13NO4/c1-4(2)3-7(8,5(9)10)6(11)12/h4H,3,8H2,1-2H3,(H,9,10)(H,11,12). The zero-order valence-electron chi connectivity index (χ0n) is 7.07. The molecule has 0 aliphatic rings. The van der Waals surface area contributed by atoms with Gasteiger partial charge >= 0.3 is 11.9 Å². The third kappa shape index (κ3) is 2.20. The smallest absolute Gasteiger partial charge is 0.335 e. The van der Waals surface area contributed by atoms with Crippen LogP contribution in [-0.2, 0) is 9.59 Å². The summed E-state index contributed by atoms with van der Waals surface area (Å²) in [4.78, 5) is 21.0. The number of carboxylic acids is 2.